The van der Waals surface area contributed by atoms with Crippen molar-refractivity contribution in [2.75, 3.05) is 18.8 Å². The van der Waals surface area contributed by atoms with Crippen LogP contribution in [0.4, 0.5) is 5.69 Å². The van der Waals surface area contributed by atoms with Gasteiger partial charge < -0.3 is 5.73 Å². The largest absolute Gasteiger partial charge is 0.398 e. The second-order valence-corrected chi connectivity index (χ2v) is 5.19. The average Bonchev–Trinajstić information content (AvgIpc) is 2.17. The third-order valence-corrected chi connectivity index (χ3v) is 3.64. The van der Waals surface area contributed by atoms with Gasteiger partial charge in [0.05, 0.1) is 0 Å². The number of halogens is 2. The number of benzene rings is 1. The predicted octanol–water partition coefficient (Wildman–Crippen LogP) is 3.64. The van der Waals surface area contributed by atoms with E-state index in [9.17, 15) is 0 Å². The van der Waals surface area contributed by atoms with E-state index in [1.807, 2.05) is 12.1 Å². The molecule has 0 unspecified atom stereocenters. The van der Waals surface area contributed by atoms with Crippen LogP contribution in [0, 0.1) is 0 Å². The molecule has 0 amide bonds. The zero-order valence-corrected chi connectivity index (χ0v) is 12.2. The van der Waals surface area contributed by atoms with E-state index < -0.39 is 0 Å². The maximum absolute atomic E-state index is 5.99. The number of nitrogens with zero attached hydrogens (tertiary/aromatic N) is 1. The molecular weight excluding hydrogens is 320 g/mol. The van der Waals surface area contributed by atoms with E-state index in [0.29, 0.717) is 0 Å². The quantitative estimate of drug-likeness (QED) is 0.851. The summed E-state index contributed by atoms with van der Waals surface area (Å²) in [5, 5.41) is 0. The van der Waals surface area contributed by atoms with Crippen LogP contribution in [0.25, 0.3) is 0 Å². The van der Waals surface area contributed by atoms with Crippen LogP contribution in [0.15, 0.2) is 21.1 Å². The number of hydrogen-bond acceptors (Lipinski definition) is 2. The minimum absolute atomic E-state index is 0.836. The van der Waals surface area contributed by atoms with Crippen molar-refractivity contribution in [2.45, 2.75) is 20.4 Å². The molecule has 0 aliphatic heterocycles. The molecule has 0 aliphatic rings. The Bertz CT molecular complexity index is 312. The van der Waals surface area contributed by atoms with Crippen molar-refractivity contribution in [1.29, 1.82) is 0 Å². The Morgan fingerprint density at radius 3 is 2.27 bits per heavy atom. The molecule has 2 N–H and O–H groups in total. The number of nitrogen functional groups attached to an aromatic ring is 1. The Morgan fingerprint density at radius 2 is 1.80 bits per heavy atom. The molecule has 84 valence electrons. The molecule has 0 radical (unpaired) electrons. The van der Waals surface area contributed by atoms with Gasteiger partial charge >= 0.3 is 0 Å². The Labute approximate surface area is 108 Å². The lowest BCUT2D eigenvalue weighted by Gasteiger charge is -2.20. The van der Waals surface area contributed by atoms with E-state index in [1.165, 1.54) is 5.56 Å². The minimum Gasteiger partial charge on any atom is -0.398 e. The first-order valence-corrected chi connectivity index (χ1v) is 6.62. The van der Waals surface area contributed by atoms with Gasteiger partial charge in [-0.25, -0.2) is 0 Å². The molecule has 0 bridgehead atoms. The Kier molecular flexibility index (Phi) is 5.09. The number of nitrogens with two attached hydrogens (primary N) is 1. The van der Waals surface area contributed by atoms with Gasteiger partial charge in [-0.2, -0.15) is 0 Å². The van der Waals surface area contributed by atoms with E-state index in [0.717, 1.165) is 34.3 Å². The van der Waals surface area contributed by atoms with E-state index in [4.69, 9.17) is 5.73 Å². The van der Waals surface area contributed by atoms with Gasteiger partial charge in [-0.05, 0) is 25.2 Å². The smallest absolute Gasteiger partial charge is 0.0382 e. The van der Waals surface area contributed by atoms with Crippen molar-refractivity contribution in [3.63, 3.8) is 0 Å². The molecule has 15 heavy (non-hydrogen) atoms. The van der Waals surface area contributed by atoms with E-state index in [1.54, 1.807) is 0 Å². The second kappa shape index (κ2) is 5.87. The van der Waals surface area contributed by atoms with Gasteiger partial charge in [0, 0.05) is 26.7 Å². The Morgan fingerprint density at radius 1 is 1.20 bits per heavy atom. The fourth-order valence-corrected chi connectivity index (χ4v) is 2.84. The highest BCUT2D eigenvalue weighted by Gasteiger charge is 2.09. The Hall–Kier alpha value is -0.0600. The van der Waals surface area contributed by atoms with Gasteiger partial charge in [0.1, 0.15) is 0 Å². The molecule has 1 rings (SSSR count). The topological polar surface area (TPSA) is 29.3 Å². The van der Waals surface area contributed by atoms with Crippen LogP contribution in [0.1, 0.15) is 19.4 Å². The fourth-order valence-electron chi connectivity index (χ4n) is 1.46. The van der Waals surface area contributed by atoms with Crippen molar-refractivity contribution < 1.29 is 0 Å². The van der Waals surface area contributed by atoms with Crippen LogP contribution in [-0.2, 0) is 6.54 Å². The molecule has 0 saturated heterocycles. The summed E-state index contributed by atoms with van der Waals surface area (Å²) in [4.78, 5) is 2.34. The van der Waals surface area contributed by atoms with Crippen LogP contribution in [0.3, 0.4) is 0 Å². The fraction of sp³-hybridized carbons (Fsp3) is 0.455. The lowest BCUT2D eigenvalue weighted by molar-refractivity contribution is 0.296. The number of anilines is 1. The molecule has 0 aromatic heterocycles. The van der Waals surface area contributed by atoms with E-state index >= 15 is 0 Å². The molecule has 4 heteroatoms. The molecule has 0 fully saturated rings. The highest BCUT2D eigenvalue weighted by atomic mass is 79.9. The standard InChI is InChI=1S/C11H16Br2N2/c1-3-15(4-2)7-9-10(13)5-8(12)6-11(9)14/h5-6H,3-4,7,14H2,1-2H3. The van der Waals surface area contributed by atoms with Gasteiger partial charge in [0.2, 0.25) is 0 Å². The molecule has 0 aliphatic carbocycles. The van der Waals surface area contributed by atoms with E-state index in [2.05, 4.69) is 50.6 Å². The number of hydrogen-bond donors (Lipinski definition) is 1. The summed E-state index contributed by atoms with van der Waals surface area (Å²) in [6.07, 6.45) is 0. The van der Waals surface area contributed by atoms with Gasteiger partial charge in [-0.15, -0.1) is 0 Å². The molecule has 0 heterocycles. The van der Waals surface area contributed by atoms with Gasteiger partial charge in [0.25, 0.3) is 0 Å². The zero-order chi connectivity index (χ0) is 11.4. The SMILES string of the molecule is CCN(CC)Cc1c(N)cc(Br)cc1Br. The normalized spacial score (nSPS) is 11.0. The molecule has 0 saturated carbocycles. The highest BCUT2D eigenvalue weighted by Crippen LogP contribution is 2.28. The predicted molar refractivity (Wildman–Crippen MR) is 72.9 cm³/mol. The van der Waals surface area contributed by atoms with Gasteiger partial charge in [0.15, 0.2) is 0 Å². The van der Waals surface area contributed by atoms with E-state index in [-0.39, 0.29) is 0 Å². The highest BCUT2D eigenvalue weighted by molar-refractivity contribution is 9.11. The first-order valence-electron chi connectivity index (χ1n) is 5.04. The first kappa shape index (κ1) is 13.0. The third-order valence-electron chi connectivity index (χ3n) is 2.47. The van der Waals surface area contributed by atoms with Crippen LogP contribution < -0.4 is 5.73 Å². The van der Waals surface area contributed by atoms with Crippen LogP contribution in [0.2, 0.25) is 0 Å². The second-order valence-electron chi connectivity index (χ2n) is 3.42. The molecule has 0 spiro atoms. The zero-order valence-electron chi connectivity index (χ0n) is 9.06. The van der Waals surface area contributed by atoms with Gasteiger partial charge in [-0.1, -0.05) is 45.7 Å². The summed E-state index contributed by atoms with van der Waals surface area (Å²) < 4.78 is 2.08. The summed E-state index contributed by atoms with van der Waals surface area (Å²) in [5.41, 5.74) is 8.00. The summed E-state index contributed by atoms with van der Waals surface area (Å²) >= 11 is 6.97. The number of rotatable bonds is 4. The third kappa shape index (κ3) is 3.47. The monoisotopic (exact) mass is 334 g/mol. The molecular formula is C11H16Br2N2. The maximum Gasteiger partial charge on any atom is 0.0382 e. The minimum atomic E-state index is 0.836. The van der Waals surface area contributed by atoms with Crippen LogP contribution >= 0.6 is 31.9 Å². The van der Waals surface area contributed by atoms with Crippen molar-refractivity contribution in [1.82, 2.24) is 4.90 Å². The maximum atomic E-state index is 5.99. The van der Waals surface area contributed by atoms with Crippen LogP contribution in [-0.4, -0.2) is 18.0 Å². The summed E-state index contributed by atoms with van der Waals surface area (Å²) in [6.45, 7) is 7.29. The lowest BCUT2D eigenvalue weighted by atomic mass is 10.1. The lowest BCUT2D eigenvalue weighted by Crippen LogP contribution is -2.23. The van der Waals surface area contributed by atoms with Crippen molar-refractivity contribution in [3.8, 4) is 0 Å². The van der Waals surface area contributed by atoms with Crippen molar-refractivity contribution in [3.05, 3.63) is 26.6 Å². The average molecular weight is 336 g/mol. The summed E-state index contributed by atoms with van der Waals surface area (Å²) in [5.74, 6) is 0. The summed E-state index contributed by atoms with van der Waals surface area (Å²) in [6, 6.07) is 3.98. The van der Waals surface area contributed by atoms with Crippen molar-refractivity contribution in [2.24, 2.45) is 0 Å². The summed E-state index contributed by atoms with van der Waals surface area (Å²) in [7, 11) is 0. The Balaban J connectivity index is 2.94. The molecule has 1 aromatic rings. The molecule has 1 aromatic carbocycles. The van der Waals surface area contributed by atoms with Gasteiger partial charge in [-0.3, -0.25) is 4.90 Å². The first-order chi connectivity index (χ1) is 7.08. The van der Waals surface area contributed by atoms with Crippen molar-refractivity contribution >= 4 is 37.5 Å². The van der Waals surface area contributed by atoms with Crippen LogP contribution in [0.5, 0.6) is 0 Å². The molecule has 0 atom stereocenters. The molecule has 2 nitrogen and oxygen atoms in total.